The Kier molecular flexibility index (Phi) is 8.38. The predicted molar refractivity (Wildman–Crippen MR) is 141 cm³/mol. The number of rotatable bonds is 10. The molecular weight excluding hydrogens is 507 g/mol. The number of furan rings is 1. The second-order valence-electron chi connectivity index (χ2n) is 7.95. The molecule has 0 bridgehead atoms. The standard InChI is InChI=1S/C26H24Cl2N2O4S/c1-35(33)30-14-16-3-2-4-17(11-16)18-5-7-20-22(15-29-9-10-31)26(34-24(20)12-18)25(32)21-8-6-19(27)13-23(21)28/h2-8,11-13,29-31H,9-10,14-15H2,1H3. The summed E-state index contributed by atoms with van der Waals surface area (Å²) in [6.45, 7) is 1.18. The summed E-state index contributed by atoms with van der Waals surface area (Å²) in [7, 11) is -1.10. The number of aliphatic hydroxyl groups excluding tert-OH is 1. The molecule has 0 spiro atoms. The second kappa shape index (κ2) is 11.5. The van der Waals surface area contributed by atoms with Gasteiger partial charge in [-0.1, -0.05) is 53.5 Å². The summed E-state index contributed by atoms with van der Waals surface area (Å²) in [5.74, 6) is -0.152. The lowest BCUT2D eigenvalue weighted by atomic mass is 10.00. The van der Waals surface area contributed by atoms with Gasteiger partial charge < -0.3 is 14.8 Å². The highest BCUT2D eigenvalue weighted by Crippen LogP contribution is 2.33. The fraction of sp³-hybridized carbons (Fsp3) is 0.192. The summed E-state index contributed by atoms with van der Waals surface area (Å²) in [6, 6.07) is 18.4. The Morgan fingerprint density at radius 1 is 1.03 bits per heavy atom. The van der Waals surface area contributed by atoms with Crippen LogP contribution in [0.3, 0.4) is 0 Å². The number of nitrogens with one attached hydrogen (secondary N) is 2. The molecule has 1 heterocycles. The number of benzene rings is 3. The minimum Gasteiger partial charge on any atom is -0.452 e. The van der Waals surface area contributed by atoms with Gasteiger partial charge in [0.25, 0.3) is 0 Å². The van der Waals surface area contributed by atoms with Gasteiger partial charge in [-0.25, -0.2) is 8.93 Å². The highest BCUT2D eigenvalue weighted by Gasteiger charge is 2.24. The van der Waals surface area contributed by atoms with Gasteiger partial charge in [0.15, 0.2) is 5.76 Å². The zero-order valence-electron chi connectivity index (χ0n) is 18.9. The van der Waals surface area contributed by atoms with Crippen LogP contribution in [0.4, 0.5) is 0 Å². The van der Waals surface area contributed by atoms with E-state index in [9.17, 15) is 14.1 Å². The number of hydrogen-bond donors (Lipinski definition) is 3. The van der Waals surface area contributed by atoms with Gasteiger partial charge in [0, 0.05) is 47.4 Å². The predicted octanol–water partition coefficient (Wildman–Crippen LogP) is 5.10. The number of aliphatic hydroxyl groups is 1. The number of fused-ring (bicyclic) bond motifs is 1. The zero-order chi connectivity index (χ0) is 24.9. The third-order valence-corrected chi connectivity index (χ3v) is 6.60. The summed E-state index contributed by atoms with van der Waals surface area (Å²) in [6.07, 6.45) is 1.60. The maximum absolute atomic E-state index is 13.4. The summed E-state index contributed by atoms with van der Waals surface area (Å²) in [5, 5.41) is 13.8. The van der Waals surface area contributed by atoms with Crippen LogP contribution in [0.1, 0.15) is 27.2 Å². The fourth-order valence-corrected chi connectivity index (χ4v) is 4.69. The lowest BCUT2D eigenvalue weighted by Gasteiger charge is -2.07. The van der Waals surface area contributed by atoms with Crippen molar-refractivity contribution in [2.24, 2.45) is 0 Å². The van der Waals surface area contributed by atoms with Gasteiger partial charge >= 0.3 is 0 Å². The Balaban J connectivity index is 1.75. The SMILES string of the molecule is CS(=O)NCc1cccc(-c2ccc3c(CNCCO)c(C(=O)c4ccc(Cl)cc4Cl)oc3c2)c1. The molecule has 182 valence electrons. The van der Waals surface area contributed by atoms with Gasteiger partial charge in [0.2, 0.25) is 5.78 Å². The Morgan fingerprint density at radius 2 is 1.83 bits per heavy atom. The van der Waals surface area contributed by atoms with E-state index in [2.05, 4.69) is 10.0 Å². The van der Waals surface area contributed by atoms with Crippen molar-refractivity contribution < 1.29 is 18.5 Å². The van der Waals surface area contributed by atoms with Gasteiger partial charge in [-0.15, -0.1) is 0 Å². The summed E-state index contributed by atoms with van der Waals surface area (Å²) in [5.41, 5.74) is 4.45. The highest BCUT2D eigenvalue weighted by atomic mass is 35.5. The lowest BCUT2D eigenvalue weighted by Crippen LogP contribution is -2.19. The van der Waals surface area contributed by atoms with Crippen LogP contribution in [-0.2, 0) is 24.1 Å². The van der Waals surface area contributed by atoms with Crippen molar-refractivity contribution in [1.82, 2.24) is 10.0 Å². The molecule has 9 heteroatoms. The van der Waals surface area contributed by atoms with Crippen molar-refractivity contribution in [1.29, 1.82) is 0 Å². The first-order chi connectivity index (χ1) is 16.9. The molecule has 4 rings (SSSR count). The van der Waals surface area contributed by atoms with Crippen LogP contribution < -0.4 is 10.0 Å². The van der Waals surface area contributed by atoms with Crippen LogP contribution in [-0.4, -0.2) is 34.5 Å². The zero-order valence-corrected chi connectivity index (χ0v) is 21.3. The quantitative estimate of drug-likeness (QED) is 0.196. The Hall–Kier alpha value is -2.52. The van der Waals surface area contributed by atoms with E-state index in [0.717, 1.165) is 22.1 Å². The summed E-state index contributed by atoms with van der Waals surface area (Å²) < 4.78 is 20.4. The van der Waals surface area contributed by atoms with E-state index in [1.807, 2.05) is 42.5 Å². The molecule has 3 N–H and O–H groups in total. The first-order valence-corrected chi connectivity index (χ1v) is 13.2. The first-order valence-electron chi connectivity index (χ1n) is 10.9. The molecule has 0 aliphatic heterocycles. The molecule has 1 unspecified atom stereocenters. The van der Waals surface area contributed by atoms with Crippen molar-refractivity contribution in [3.63, 3.8) is 0 Å². The maximum Gasteiger partial charge on any atom is 0.230 e. The monoisotopic (exact) mass is 530 g/mol. The molecule has 0 aliphatic rings. The van der Waals surface area contributed by atoms with E-state index in [1.54, 1.807) is 18.4 Å². The Labute approximate surface area is 215 Å². The molecule has 6 nitrogen and oxygen atoms in total. The maximum atomic E-state index is 13.4. The fourth-order valence-electron chi connectivity index (χ4n) is 3.82. The van der Waals surface area contributed by atoms with E-state index in [-0.39, 0.29) is 23.2 Å². The number of hydrogen-bond acceptors (Lipinski definition) is 5. The van der Waals surface area contributed by atoms with Gasteiger partial charge in [-0.3, -0.25) is 4.79 Å². The van der Waals surface area contributed by atoms with Crippen LogP contribution in [0.25, 0.3) is 22.1 Å². The van der Waals surface area contributed by atoms with Crippen LogP contribution in [0, 0.1) is 0 Å². The Bertz CT molecular complexity index is 1400. The number of halogens is 2. The molecule has 0 saturated carbocycles. The molecule has 0 amide bonds. The molecule has 0 saturated heterocycles. The van der Waals surface area contributed by atoms with Crippen LogP contribution in [0.15, 0.2) is 65.1 Å². The largest absolute Gasteiger partial charge is 0.452 e. The third kappa shape index (κ3) is 6.01. The van der Waals surface area contributed by atoms with Gasteiger partial charge in [-0.2, -0.15) is 0 Å². The van der Waals surface area contributed by atoms with E-state index < -0.39 is 11.0 Å². The van der Waals surface area contributed by atoms with Crippen molar-refractivity contribution >= 4 is 50.9 Å². The lowest BCUT2D eigenvalue weighted by molar-refractivity contribution is 0.101. The molecule has 1 aromatic heterocycles. The van der Waals surface area contributed by atoms with Crippen molar-refractivity contribution in [2.75, 3.05) is 19.4 Å². The van der Waals surface area contributed by atoms with Crippen molar-refractivity contribution in [3.8, 4) is 11.1 Å². The van der Waals surface area contributed by atoms with Gasteiger partial charge in [-0.05, 0) is 47.0 Å². The topological polar surface area (TPSA) is 91.6 Å². The number of ketones is 1. The van der Waals surface area contributed by atoms with Gasteiger partial charge in [0.1, 0.15) is 5.58 Å². The van der Waals surface area contributed by atoms with Crippen LogP contribution in [0.2, 0.25) is 10.0 Å². The molecule has 0 aliphatic carbocycles. The van der Waals surface area contributed by atoms with Crippen molar-refractivity contribution in [3.05, 3.63) is 93.2 Å². The van der Waals surface area contributed by atoms with Crippen LogP contribution >= 0.6 is 23.2 Å². The second-order valence-corrected chi connectivity index (χ2v) is 9.99. The molecule has 35 heavy (non-hydrogen) atoms. The van der Waals surface area contributed by atoms with E-state index in [4.69, 9.17) is 27.6 Å². The van der Waals surface area contributed by atoms with Gasteiger partial charge in [0.05, 0.1) is 22.6 Å². The van der Waals surface area contributed by atoms with Crippen molar-refractivity contribution in [2.45, 2.75) is 13.1 Å². The molecule has 0 fully saturated rings. The number of carbonyl (C=O) groups excluding carboxylic acids is 1. The first kappa shape index (κ1) is 25.6. The average Bonchev–Trinajstić information content (AvgIpc) is 3.20. The number of carbonyl (C=O) groups is 1. The Morgan fingerprint density at radius 3 is 2.57 bits per heavy atom. The molecule has 4 aromatic rings. The molecular formula is C26H24Cl2N2O4S. The van der Waals surface area contributed by atoms with E-state index in [0.29, 0.717) is 41.4 Å². The summed E-state index contributed by atoms with van der Waals surface area (Å²) >= 11 is 12.3. The molecule has 1 atom stereocenters. The van der Waals surface area contributed by atoms with E-state index in [1.165, 1.54) is 6.07 Å². The third-order valence-electron chi connectivity index (χ3n) is 5.51. The molecule has 3 aromatic carbocycles. The van der Waals surface area contributed by atoms with Crippen LogP contribution in [0.5, 0.6) is 0 Å². The molecule has 0 radical (unpaired) electrons. The van der Waals surface area contributed by atoms with E-state index >= 15 is 0 Å². The normalized spacial score (nSPS) is 12.2. The minimum absolute atomic E-state index is 0.0248. The smallest absolute Gasteiger partial charge is 0.230 e. The minimum atomic E-state index is -1.10. The average molecular weight is 531 g/mol. The summed E-state index contributed by atoms with van der Waals surface area (Å²) in [4.78, 5) is 13.4. The highest BCUT2D eigenvalue weighted by molar-refractivity contribution is 7.82.